The average molecular weight is 209 g/mol. The fraction of sp³-hybridized carbons (Fsp3) is 0. The van der Waals surface area contributed by atoms with Gasteiger partial charge in [0.1, 0.15) is 0 Å². The maximum Gasteiger partial charge on any atom is 0.259 e. The third-order valence-corrected chi connectivity index (χ3v) is 3.57. The van der Waals surface area contributed by atoms with Gasteiger partial charge in [0.2, 0.25) is 0 Å². The van der Waals surface area contributed by atoms with E-state index in [-0.39, 0.29) is 0 Å². The van der Waals surface area contributed by atoms with E-state index in [9.17, 15) is 4.79 Å². The Morgan fingerprint density at radius 1 is 1.54 bits per heavy atom. The molecule has 0 saturated heterocycles. The Balaban J connectivity index is 2.50. The summed E-state index contributed by atoms with van der Waals surface area (Å²) < 4.78 is 2.11. The molecule has 0 aliphatic heterocycles. The second kappa shape index (κ2) is 3.18. The van der Waals surface area contributed by atoms with E-state index in [0.717, 1.165) is 9.40 Å². The zero-order valence-electron chi connectivity index (χ0n) is 6.30. The largest absolute Gasteiger partial charge is 0.286 e. The van der Waals surface area contributed by atoms with Gasteiger partial charge in [-0.3, -0.25) is 4.79 Å². The molecule has 13 heavy (non-hydrogen) atoms. The van der Waals surface area contributed by atoms with Crippen molar-refractivity contribution in [1.82, 2.24) is 0 Å². The van der Waals surface area contributed by atoms with Crippen LogP contribution in [0.3, 0.4) is 0 Å². The van der Waals surface area contributed by atoms with Crippen LogP contribution in [0.2, 0.25) is 0 Å². The first-order valence-electron chi connectivity index (χ1n) is 3.38. The van der Waals surface area contributed by atoms with Crippen LogP contribution in [0.25, 0.3) is 19.8 Å². The lowest BCUT2D eigenvalue weighted by atomic mass is 10.4. The van der Waals surface area contributed by atoms with Crippen LogP contribution in [0.15, 0.2) is 22.6 Å². The number of carbonyl (C=O) groups is 1. The Morgan fingerprint density at radius 3 is 3.08 bits per heavy atom. The molecule has 2 aromatic rings. The first-order chi connectivity index (χ1) is 6.31. The summed E-state index contributed by atoms with van der Waals surface area (Å²) in [6, 6.07) is 3.69. The first kappa shape index (κ1) is 8.25. The highest BCUT2D eigenvalue weighted by Gasteiger charge is 2.08. The van der Waals surface area contributed by atoms with Crippen molar-refractivity contribution in [1.29, 1.82) is 0 Å². The van der Waals surface area contributed by atoms with E-state index >= 15 is 0 Å². The Hall–Kier alpha value is -1.36. The number of hydrogen-bond donors (Lipinski definition) is 0. The Morgan fingerprint density at radius 2 is 2.38 bits per heavy atom. The molecule has 6 heteroatoms. The van der Waals surface area contributed by atoms with E-state index in [0.29, 0.717) is 4.88 Å². The summed E-state index contributed by atoms with van der Waals surface area (Å²) in [5.41, 5.74) is 8.07. The second-order valence-corrected chi connectivity index (χ2v) is 4.29. The summed E-state index contributed by atoms with van der Waals surface area (Å²) in [4.78, 5) is 14.1. The minimum atomic E-state index is -0.504. The van der Waals surface area contributed by atoms with Crippen molar-refractivity contribution in [3.05, 3.63) is 32.8 Å². The first-order valence-corrected chi connectivity index (χ1v) is 5.07. The molecule has 64 valence electrons. The zero-order chi connectivity index (χ0) is 9.26. The lowest BCUT2D eigenvalue weighted by Gasteiger charge is -1.81. The Kier molecular flexibility index (Phi) is 2.02. The molecule has 2 rings (SSSR count). The van der Waals surface area contributed by atoms with E-state index in [1.807, 2.05) is 11.4 Å². The molecule has 0 aromatic carbocycles. The second-order valence-electron chi connectivity index (χ2n) is 2.25. The van der Waals surface area contributed by atoms with Gasteiger partial charge in [-0.15, -0.1) is 22.7 Å². The molecular formula is C7H3N3OS2. The normalized spacial score (nSPS) is 9.85. The topological polar surface area (TPSA) is 65.8 Å². The van der Waals surface area contributed by atoms with E-state index in [1.54, 1.807) is 17.4 Å². The van der Waals surface area contributed by atoms with Crippen LogP contribution in [0, 0.1) is 0 Å². The van der Waals surface area contributed by atoms with Crippen molar-refractivity contribution in [3.63, 3.8) is 0 Å². The van der Waals surface area contributed by atoms with Gasteiger partial charge in [0.15, 0.2) is 0 Å². The number of fused-ring (bicyclic) bond motifs is 1. The standard InChI is InChI=1S/C7H3N3OS2/c8-10-9-7(11)6-3-5-4(13-6)1-2-12-5/h1-3H. The maximum absolute atomic E-state index is 11.1. The molecule has 2 heterocycles. The number of azide groups is 1. The third kappa shape index (κ3) is 1.42. The highest BCUT2D eigenvalue weighted by atomic mass is 32.1. The van der Waals surface area contributed by atoms with Crippen LogP contribution in [0.4, 0.5) is 0 Å². The number of amides is 1. The number of rotatable bonds is 1. The minimum absolute atomic E-state index is 0.500. The summed E-state index contributed by atoms with van der Waals surface area (Å²) in [7, 11) is 0. The minimum Gasteiger partial charge on any atom is -0.286 e. The fourth-order valence-corrected chi connectivity index (χ4v) is 2.95. The molecule has 4 nitrogen and oxygen atoms in total. The van der Waals surface area contributed by atoms with Crippen LogP contribution in [-0.2, 0) is 0 Å². The van der Waals surface area contributed by atoms with Gasteiger partial charge in [-0.25, -0.2) is 0 Å². The van der Waals surface area contributed by atoms with Crippen LogP contribution < -0.4 is 0 Å². The molecule has 0 spiro atoms. The van der Waals surface area contributed by atoms with Gasteiger partial charge in [-0.2, -0.15) is 0 Å². The molecule has 0 saturated carbocycles. The fourth-order valence-electron chi connectivity index (χ4n) is 0.961. The zero-order valence-corrected chi connectivity index (χ0v) is 7.93. The molecule has 1 amide bonds. The van der Waals surface area contributed by atoms with Gasteiger partial charge < -0.3 is 0 Å². The van der Waals surface area contributed by atoms with Gasteiger partial charge in [-0.1, -0.05) is 0 Å². The lowest BCUT2D eigenvalue weighted by molar-refractivity contribution is 0.100. The highest BCUT2D eigenvalue weighted by Crippen LogP contribution is 2.30. The van der Waals surface area contributed by atoms with E-state index in [2.05, 4.69) is 10.0 Å². The summed E-state index contributed by atoms with van der Waals surface area (Å²) >= 11 is 2.92. The maximum atomic E-state index is 11.1. The monoisotopic (exact) mass is 209 g/mol. The number of carbonyl (C=O) groups excluding carboxylic acids is 1. The number of thiophene rings is 2. The highest BCUT2D eigenvalue weighted by molar-refractivity contribution is 7.27. The summed E-state index contributed by atoms with van der Waals surface area (Å²) in [6.07, 6.45) is 0. The molecule has 2 aromatic heterocycles. The Labute approximate surface area is 81.1 Å². The SMILES string of the molecule is [N-]=[N+]=NC(=O)c1cc2sccc2s1. The molecule has 0 bridgehead atoms. The van der Waals surface area contributed by atoms with Crippen molar-refractivity contribution in [2.24, 2.45) is 5.11 Å². The quantitative estimate of drug-likeness (QED) is 0.403. The van der Waals surface area contributed by atoms with Gasteiger partial charge in [0.05, 0.1) is 4.88 Å². The van der Waals surface area contributed by atoms with Gasteiger partial charge >= 0.3 is 0 Å². The molecule has 0 N–H and O–H groups in total. The van der Waals surface area contributed by atoms with E-state index < -0.39 is 5.91 Å². The van der Waals surface area contributed by atoms with Gasteiger partial charge in [0, 0.05) is 14.3 Å². The molecule has 0 unspecified atom stereocenters. The van der Waals surface area contributed by atoms with Crippen LogP contribution >= 0.6 is 22.7 Å². The van der Waals surface area contributed by atoms with Crippen molar-refractivity contribution in [3.8, 4) is 0 Å². The smallest absolute Gasteiger partial charge is 0.259 e. The predicted molar refractivity (Wildman–Crippen MR) is 53.2 cm³/mol. The molecule has 0 aliphatic carbocycles. The van der Waals surface area contributed by atoms with E-state index in [4.69, 9.17) is 5.53 Å². The van der Waals surface area contributed by atoms with Crippen LogP contribution in [-0.4, -0.2) is 5.91 Å². The summed E-state index contributed by atoms with van der Waals surface area (Å²) in [5.74, 6) is -0.504. The molecule has 0 fully saturated rings. The van der Waals surface area contributed by atoms with Crippen LogP contribution in [0.5, 0.6) is 0 Å². The van der Waals surface area contributed by atoms with E-state index in [1.165, 1.54) is 11.3 Å². The molecule has 0 radical (unpaired) electrons. The average Bonchev–Trinajstić information content (AvgIpc) is 2.61. The molecule has 0 aliphatic rings. The van der Waals surface area contributed by atoms with Crippen molar-refractivity contribution in [2.75, 3.05) is 0 Å². The van der Waals surface area contributed by atoms with Crippen LogP contribution in [0.1, 0.15) is 9.67 Å². The van der Waals surface area contributed by atoms with Crippen molar-refractivity contribution < 1.29 is 4.79 Å². The number of hydrogen-bond acceptors (Lipinski definition) is 3. The Bertz CT molecular complexity index is 478. The molecule has 0 atom stereocenters. The number of nitrogens with zero attached hydrogens (tertiary/aromatic N) is 3. The predicted octanol–water partition coefficient (Wildman–Crippen LogP) is 3.41. The third-order valence-electron chi connectivity index (χ3n) is 1.49. The summed E-state index contributed by atoms with van der Waals surface area (Å²) in [5, 5.41) is 4.99. The lowest BCUT2D eigenvalue weighted by Crippen LogP contribution is -1.86. The molecular weight excluding hydrogens is 206 g/mol. The van der Waals surface area contributed by atoms with Gasteiger partial charge in [-0.05, 0) is 28.2 Å². The summed E-state index contributed by atoms with van der Waals surface area (Å²) in [6.45, 7) is 0. The van der Waals surface area contributed by atoms with Crippen molar-refractivity contribution >= 4 is 38.0 Å². The van der Waals surface area contributed by atoms with Gasteiger partial charge in [0.25, 0.3) is 5.91 Å². The van der Waals surface area contributed by atoms with Crippen molar-refractivity contribution in [2.45, 2.75) is 0 Å².